The second-order valence-corrected chi connectivity index (χ2v) is 4.41. The van der Waals surface area contributed by atoms with Gasteiger partial charge in [0.2, 0.25) is 11.8 Å². The molecule has 0 spiro atoms. The molecule has 0 aromatic heterocycles. The Bertz CT molecular complexity index is 422. The molecule has 1 saturated carbocycles. The molecule has 0 radical (unpaired) electrons. The van der Waals surface area contributed by atoms with E-state index in [9.17, 15) is 9.59 Å². The first-order valence-corrected chi connectivity index (χ1v) is 5.79. The predicted molar refractivity (Wildman–Crippen MR) is 65.5 cm³/mol. The summed E-state index contributed by atoms with van der Waals surface area (Å²) in [6.07, 6.45) is 1.90. The van der Waals surface area contributed by atoms with Gasteiger partial charge in [0.15, 0.2) is 0 Å². The standard InChI is InChI=1S/C13H16N2O2/c1-9-2-6-11(7-3-9)15-12(16)8-14-13(17)10-4-5-10/h2-3,6-7,10H,4-5,8H2,1H3,(H,14,17)(H,15,16). The van der Waals surface area contributed by atoms with E-state index in [4.69, 9.17) is 0 Å². The molecule has 1 aromatic rings. The maximum Gasteiger partial charge on any atom is 0.243 e. The maximum atomic E-state index is 11.5. The van der Waals surface area contributed by atoms with Crippen LogP contribution in [0, 0.1) is 12.8 Å². The number of benzene rings is 1. The van der Waals surface area contributed by atoms with Crippen LogP contribution in [0.15, 0.2) is 24.3 Å². The predicted octanol–water partition coefficient (Wildman–Crippen LogP) is 1.46. The third-order valence-corrected chi connectivity index (χ3v) is 2.71. The fourth-order valence-corrected chi connectivity index (χ4v) is 1.50. The van der Waals surface area contributed by atoms with Crippen LogP contribution in [0.25, 0.3) is 0 Å². The van der Waals surface area contributed by atoms with Gasteiger partial charge in [-0.05, 0) is 31.9 Å². The van der Waals surface area contributed by atoms with E-state index in [-0.39, 0.29) is 24.3 Å². The summed E-state index contributed by atoms with van der Waals surface area (Å²) in [6.45, 7) is 2.03. The van der Waals surface area contributed by atoms with Gasteiger partial charge < -0.3 is 10.6 Å². The first-order valence-electron chi connectivity index (χ1n) is 5.79. The molecule has 4 heteroatoms. The van der Waals surface area contributed by atoms with Gasteiger partial charge in [0.1, 0.15) is 0 Å². The van der Waals surface area contributed by atoms with Crippen molar-refractivity contribution in [3.63, 3.8) is 0 Å². The molecule has 0 aliphatic heterocycles. The van der Waals surface area contributed by atoms with Crippen LogP contribution >= 0.6 is 0 Å². The van der Waals surface area contributed by atoms with Gasteiger partial charge in [0.25, 0.3) is 0 Å². The Balaban J connectivity index is 1.76. The van der Waals surface area contributed by atoms with Crippen LogP contribution < -0.4 is 10.6 Å². The summed E-state index contributed by atoms with van der Waals surface area (Å²) in [7, 11) is 0. The van der Waals surface area contributed by atoms with E-state index in [1.54, 1.807) is 0 Å². The van der Waals surface area contributed by atoms with Crippen molar-refractivity contribution in [1.82, 2.24) is 5.32 Å². The minimum absolute atomic E-state index is 0.0101. The number of hydrogen-bond donors (Lipinski definition) is 2. The van der Waals surface area contributed by atoms with E-state index in [1.165, 1.54) is 0 Å². The Morgan fingerprint density at radius 2 is 1.88 bits per heavy atom. The molecule has 17 heavy (non-hydrogen) atoms. The Kier molecular flexibility index (Phi) is 3.42. The average molecular weight is 232 g/mol. The summed E-state index contributed by atoms with van der Waals surface area (Å²) in [5.74, 6) is -0.0610. The monoisotopic (exact) mass is 232 g/mol. The average Bonchev–Trinajstić information content (AvgIpc) is 3.13. The van der Waals surface area contributed by atoms with Crippen molar-refractivity contribution < 1.29 is 9.59 Å². The van der Waals surface area contributed by atoms with E-state index in [0.29, 0.717) is 0 Å². The van der Waals surface area contributed by atoms with Crippen LogP contribution in [0.3, 0.4) is 0 Å². The van der Waals surface area contributed by atoms with Gasteiger partial charge in [0, 0.05) is 11.6 Å². The number of rotatable bonds is 4. The minimum Gasteiger partial charge on any atom is -0.347 e. The Labute approximate surface area is 100 Å². The Morgan fingerprint density at radius 1 is 1.24 bits per heavy atom. The quantitative estimate of drug-likeness (QED) is 0.825. The van der Waals surface area contributed by atoms with Crippen LogP contribution in [0.1, 0.15) is 18.4 Å². The van der Waals surface area contributed by atoms with Crippen molar-refractivity contribution in [3.05, 3.63) is 29.8 Å². The highest BCUT2D eigenvalue weighted by molar-refractivity contribution is 5.95. The molecular formula is C13H16N2O2. The van der Waals surface area contributed by atoms with Crippen molar-refractivity contribution in [2.45, 2.75) is 19.8 Å². The topological polar surface area (TPSA) is 58.2 Å². The van der Waals surface area contributed by atoms with Crippen LogP contribution in [0.5, 0.6) is 0 Å². The molecule has 1 aliphatic carbocycles. The zero-order valence-corrected chi connectivity index (χ0v) is 9.82. The summed E-state index contributed by atoms with van der Waals surface area (Å²) in [4.78, 5) is 22.8. The molecule has 2 amide bonds. The summed E-state index contributed by atoms with van der Waals surface area (Å²) in [5, 5.41) is 5.36. The van der Waals surface area contributed by atoms with Crippen molar-refractivity contribution in [1.29, 1.82) is 0 Å². The first-order chi connectivity index (χ1) is 8.15. The zero-order chi connectivity index (χ0) is 12.3. The fourth-order valence-electron chi connectivity index (χ4n) is 1.50. The van der Waals surface area contributed by atoms with Gasteiger partial charge >= 0.3 is 0 Å². The summed E-state index contributed by atoms with van der Waals surface area (Å²) >= 11 is 0. The SMILES string of the molecule is Cc1ccc(NC(=O)CNC(=O)C2CC2)cc1. The lowest BCUT2D eigenvalue weighted by Gasteiger charge is -2.06. The first kappa shape index (κ1) is 11.6. The number of nitrogens with one attached hydrogen (secondary N) is 2. The van der Waals surface area contributed by atoms with Gasteiger partial charge in [0.05, 0.1) is 6.54 Å². The molecule has 2 N–H and O–H groups in total. The van der Waals surface area contributed by atoms with Crippen molar-refractivity contribution in [2.24, 2.45) is 5.92 Å². The lowest BCUT2D eigenvalue weighted by molar-refractivity contribution is -0.125. The van der Waals surface area contributed by atoms with Crippen LogP contribution in [0.4, 0.5) is 5.69 Å². The third-order valence-electron chi connectivity index (χ3n) is 2.71. The van der Waals surface area contributed by atoms with Gasteiger partial charge in [-0.15, -0.1) is 0 Å². The van der Waals surface area contributed by atoms with Gasteiger partial charge in [-0.2, -0.15) is 0 Å². The summed E-state index contributed by atoms with van der Waals surface area (Å²) in [6, 6.07) is 7.54. The molecule has 0 atom stereocenters. The number of hydrogen-bond acceptors (Lipinski definition) is 2. The molecule has 1 aromatic carbocycles. The Hall–Kier alpha value is -1.84. The summed E-state index contributed by atoms with van der Waals surface area (Å²) in [5.41, 5.74) is 1.89. The lowest BCUT2D eigenvalue weighted by Crippen LogP contribution is -2.33. The smallest absolute Gasteiger partial charge is 0.243 e. The molecule has 0 unspecified atom stereocenters. The number of anilines is 1. The van der Waals surface area contributed by atoms with E-state index >= 15 is 0 Å². The number of aryl methyl sites for hydroxylation is 1. The van der Waals surface area contributed by atoms with E-state index in [1.807, 2.05) is 31.2 Å². The number of carbonyl (C=O) groups is 2. The second kappa shape index (κ2) is 4.99. The molecule has 4 nitrogen and oxygen atoms in total. The fraction of sp³-hybridized carbons (Fsp3) is 0.385. The van der Waals surface area contributed by atoms with Crippen molar-refractivity contribution in [2.75, 3.05) is 11.9 Å². The van der Waals surface area contributed by atoms with Gasteiger partial charge in [-0.1, -0.05) is 17.7 Å². The molecule has 0 saturated heterocycles. The van der Waals surface area contributed by atoms with Crippen LogP contribution in [-0.4, -0.2) is 18.4 Å². The van der Waals surface area contributed by atoms with Gasteiger partial charge in [-0.3, -0.25) is 9.59 Å². The summed E-state index contributed by atoms with van der Waals surface area (Å²) < 4.78 is 0. The van der Waals surface area contributed by atoms with Crippen molar-refractivity contribution in [3.8, 4) is 0 Å². The molecular weight excluding hydrogens is 216 g/mol. The highest BCUT2D eigenvalue weighted by Crippen LogP contribution is 2.28. The van der Waals surface area contributed by atoms with E-state index < -0.39 is 0 Å². The van der Waals surface area contributed by atoms with Crippen molar-refractivity contribution >= 4 is 17.5 Å². The molecule has 1 aliphatic rings. The highest BCUT2D eigenvalue weighted by Gasteiger charge is 2.29. The number of carbonyl (C=O) groups excluding carboxylic acids is 2. The molecule has 2 rings (SSSR count). The third kappa shape index (κ3) is 3.59. The molecule has 90 valence electrons. The second-order valence-electron chi connectivity index (χ2n) is 4.41. The lowest BCUT2D eigenvalue weighted by atomic mass is 10.2. The Morgan fingerprint density at radius 3 is 2.47 bits per heavy atom. The largest absolute Gasteiger partial charge is 0.347 e. The van der Waals surface area contributed by atoms with E-state index in [2.05, 4.69) is 10.6 Å². The molecule has 0 bridgehead atoms. The maximum absolute atomic E-state index is 11.5. The van der Waals surface area contributed by atoms with E-state index in [0.717, 1.165) is 24.1 Å². The van der Waals surface area contributed by atoms with Crippen LogP contribution in [0.2, 0.25) is 0 Å². The molecule has 0 heterocycles. The molecule has 1 fully saturated rings. The minimum atomic E-state index is -0.192. The van der Waals surface area contributed by atoms with Gasteiger partial charge in [-0.25, -0.2) is 0 Å². The number of amides is 2. The highest BCUT2D eigenvalue weighted by atomic mass is 16.2. The normalized spacial score (nSPS) is 14.2. The van der Waals surface area contributed by atoms with Crippen LogP contribution in [-0.2, 0) is 9.59 Å². The zero-order valence-electron chi connectivity index (χ0n) is 9.82.